The summed E-state index contributed by atoms with van der Waals surface area (Å²) in [6, 6.07) is 13.3. The minimum Gasteiger partial charge on any atom is -0.379 e. The molecule has 4 heteroatoms. The van der Waals surface area contributed by atoms with E-state index in [1.807, 2.05) is 36.4 Å². The molecule has 2 unspecified atom stereocenters. The monoisotopic (exact) mass is 319 g/mol. The Labute approximate surface area is 133 Å². The first-order valence-electron chi connectivity index (χ1n) is 6.76. The molecular weight excluding hydrogens is 305 g/mol. The summed E-state index contributed by atoms with van der Waals surface area (Å²) in [5.74, 6) is 0.0173. The van der Waals surface area contributed by atoms with Crippen LogP contribution < -0.4 is 0 Å². The number of nitrogens with one attached hydrogen (secondary N) is 1. The molecule has 0 fully saturated rings. The second-order valence-corrected chi connectivity index (χ2v) is 6.38. The maximum Gasteiger partial charge on any atom is 0.124 e. The van der Waals surface area contributed by atoms with Gasteiger partial charge in [0, 0.05) is 11.6 Å². The van der Waals surface area contributed by atoms with Gasteiger partial charge in [0.1, 0.15) is 5.60 Å². The van der Waals surface area contributed by atoms with Gasteiger partial charge in [0.15, 0.2) is 0 Å². The van der Waals surface area contributed by atoms with E-state index >= 15 is 0 Å². The summed E-state index contributed by atoms with van der Waals surface area (Å²) in [5.41, 5.74) is 1.95. The van der Waals surface area contributed by atoms with Crippen LogP contribution in [0, 0.1) is 5.41 Å². The lowest BCUT2D eigenvalue weighted by Gasteiger charge is -2.36. The van der Waals surface area contributed by atoms with E-state index in [4.69, 9.17) is 28.6 Å². The fourth-order valence-electron chi connectivity index (χ4n) is 2.95. The lowest BCUT2D eigenvalue weighted by atomic mass is 9.71. The number of hydrogen-bond acceptors (Lipinski definition) is 2. The van der Waals surface area contributed by atoms with Gasteiger partial charge < -0.3 is 10.5 Å². The van der Waals surface area contributed by atoms with Crippen molar-refractivity contribution in [1.82, 2.24) is 0 Å². The van der Waals surface area contributed by atoms with Crippen molar-refractivity contribution in [3.8, 4) is 0 Å². The van der Waals surface area contributed by atoms with Crippen molar-refractivity contribution in [3.63, 3.8) is 0 Å². The number of aliphatic hydroxyl groups is 1. The number of rotatable bonds is 1. The summed E-state index contributed by atoms with van der Waals surface area (Å²) < 4.78 is 0. The molecule has 2 nitrogen and oxygen atoms in total. The van der Waals surface area contributed by atoms with Gasteiger partial charge in [-0.15, -0.1) is 0 Å². The predicted octanol–water partition coefficient (Wildman–Crippen LogP) is 4.76. The van der Waals surface area contributed by atoms with Crippen LogP contribution in [0.4, 0.5) is 0 Å². The molecule has 0 heterocycles. The molecule has 2 N–H and O–H groups in total. The highest BCUT2D eigenvalue weighted by atomic mass is 35.5. The molecule has 1 aliphatic rings. The Bertz CT molecular complexity index is 724. The third-order valence-corrected chi connectivity index (χ3v) is 4.94. The Morgan fingerprint density at radius 1 is 1.14 bits per heavy atom. The molecule has 0 aliphatic heterocycles. The van der Waals surface area contributed by atoms with E-state index in [1.54, 1.807) is 13.0 Å². The topological polar surface area (TPSA) is 44.1 Å². The first kappa shape index (κ1) is 14.6. The maximum atomic E-state index is 10.6. The third kappa shape index (κ3) is 2.38. The van der Waals surface area contributed by atoms with Gasteiger partial charge in [-0.05, 0) is 42.2 Å². The smallest absolute Gasteiger partial charge is 0.124 e. The molecule has 3 rings (SSSR count). The van der Waals surface area contributed by atoms with E-state index in [1.165, 1.54) is 0 Å². The fraction of sp³-hybridized carbons (Fsp3) is 0.235. The molecular formula is C17H15Cl2NO. The summed E-state index contributed by atoms with van der Waals surface area (Å²) in [6.45, 7) is 1.68. The van der Waals surface area contributed by atoms with Gasteiger partial charge >= 0.3 is 0 Å². The van der Waals surface area contributed by atoms with Crippen molar-refractivity contribution in [1.29, 1.82) is 5.41 Å². The summed E-state index contributed by atoms with van der Waals surface area (Å²) in [6.07, 6.45) is 0.474. The molecule has 0 bridgehead atoms. The van der Waals surface area contributed by atoms with Crippen LogP contribution in [0.15, 0.2) is 42.5 Å². The van der Waals surface area contributed by atoms with Gasteiger partial charge in [0.2, 0.25) is 0 Å². The zero-order valence-electron chi connectivity index (χ0n) is 11.5. The van der Waals surface area contributed by atoms with E-state index < -0.39 is 5.60 Å². The minimum absolute atomic E-state index is 0.0173. The number of fused-ring (bicyclic) bond motifs is 1. The zero-order chi connectivity index (χ0) is 15.2. The number of hydrogen-bond donors (Lipinski definition) is 2. The molecule has 2 aromatic rings. The SMILES string of the molecule is CC1(O)C(=N)CC(c2ccc(Cl)c(Cl)c2)c2ccccc21. The molecule has 0 aromatic heterocycles. The standard InChI is InChI=1S/C17H15Cl2NO/c1-17(21)13-5-3-2-4-11(13)12(9-16(17)20)10-6-7-14(18)15(19)8-10/h2-8,12,20-21H,9H2,1H3. The first-order valence-corrected chi connectivity index (χ1v) is 7.51. The van der Waals surface area contributed by atoms with Crippen LogP contribution in [-0.2, 0) is 5.60 Å². The highest BCUT2D eigenvalue weighted by Gasteiger charge is 2.39. The van der Waals surface area contributed by atoms with E-state index in [0.717, 1.165) is 16.7 Å². The second kappa shape index (κ2) is 5.13. The van der Waals surface area contributed by atoms with Crippen molar-refractivity contribution >= 4 is 28.9 Å². The van der Waals surface area contributed by atoms with Crippen LogP contribution in [0.2, 0.25) is 10.0 Å². The van der Waals surface area contributed by atoms with Gasteiger partial charge in [0.05, 0.1) is 10.0 Å². The highest BCUT2D eigenvalue weighted by Crippen LogP contribution is 2.43. The van der Waals surface area contributed by atoms with Crippen molar-refractivity contribution in [2.45, 2.75) is 24.9 Å². The summed E-state index contributed by atoms with van der Waals surface area (Å²) in [7, 11) is 0. The van der Waals surface area contributed by atoms with E-state index in [0.29, 0.717) is 22.2 Å². The van der Waals surface area contributed by atoms with E-state index in [2.05, 4.69) is 0 Å². The van der Waals surface area contributed by atoms with E-state index in [-0.39, 0.29) is 5.92 Å². The molecule has 1 aliphatic carbocycles. The largest absolute Gasteiger partial charge is 0.379 e. The summed E-state index contributed by atoms with van der Waals surface area (Å²) in [4.78, 5) is 0. The normalized spacial score (nSPS) is 24.8. The van der Waals surface area contributed by atoms with Gasteiger partial charge in [-0.25, -0.2) is 0 Å². The fourth-order valence-corrected chi connectivity index (χ4v) is 3.25. The van der Waals surface area contributed by atoms with Crippen molar-refractivity contribution < 1.29 is 5.11 Å². The average Bonchev–Trinajstić information content (AvgIpc) is 2.46. The lowest BCUT2D eigenvalue weighted by Crippen LogP contribution is -2.38. The molecule has 0 saturated heterocycles. The van der Waals surface area contributed by atoms with Crippen molar-refractivity contribution in [3.05, 3.63) is 69.2 Å². The van der Waals surface area contributed by atoms with Crippen LogP contribution >= 0.6 is 23.2 Å². The molecule has 2 atom stereocenters. The van der Waals surface area contributed by atoms with Crippen LogP contribution in [0.5, 0.6) is 0 Å². The summed E-state index contributed by atoms with van der Waals surface area (Å²) in [5, 5.41) is 19.8. The van der Waals surface area contributed by atoms with Crippen LogP contribution in [0.1, 0.15) is 36.0 Å². The number of benzene rings is 2. The zero-order valence-corrected chi connectivity index (χ0v) is 13.0. The quantitative estimate of drug-likeness (QED) is 0.782. The van der Waals surface area contributed by atoms with Gasteiger partial charge in [-0.3, -0.25) is 0 Å². The molecule has 0 spiro atoms. The van der Waals surface area contributed by atoms with Crippen LogP contribution in [0.3, 0.4) is 0 Å². The molecule has 0 saturated carbocycles. The van der Waals surface area contributed by atoms with Crippen molar-refractivity contribution in [2.75, 3.05) is 0 Å². The molecule has 2 aromatic carbocycles. The van der Waals surface area contributed by atoms with Gasteiger partial charge in [-0.2, -0.15) is 0 Å². The van der Waals surface area contributed by atoms with Gasteiger partial charge in [-0.1, -0.05) is 53.5 Å². The average molecular weight is 320 g/mol. The Kier molecular flexibility index (Phi) is 3.56. The predicted molar refractivity (Wildman–Crippen MR) is 86.7 cm³/mol. The van der Waals surface area contributed by atoms with Crippen molar-refractivity contribution in [2.24, 2.45) is 0 Å². The van der Waals surface area contributed by atoms with Crippen LogP contribution in [-0.4, -0.2) is 10.8 Å². The minimum atomic E-state index is -1.21. The van der Waals surface area contributed by atoms with Crippen LogP contribution in [0.25, 0.3) is 0 Å². The number of halogens is 2. The Balaban J connectivity index is 2.16. The molecule has 0 radical (unpaired) electrons. The molecule has 0 amide bonds. The van der Waals surface area contributed by atoms with Gasteiger partial charge in [0.25, 0.3) is 0 Å². The third-order valence-electron chi connectivity index (χ3n) is 4.20. The summed E-state index contributed by atoms with van der Waals surface area (Å²) >= 11 is 12.1. The van der Waals surface area contributed by atoms with E-state index in [9.17, 15) is 5.11 Å². The second-order valence-electron chi connectivity index (χ2n) is 5.57. The molecule has 21 heavy (non-hydrogen) atoms. The first-order chi connectivity index (χ1) is 9.91. The Morgan fingerprint density at radius 3 is 2.57 bits per heavy atom. The maximum absolute atomic E-state index is 10.6. The Morgan fingerprint density at radius 2 is 1.86 bits per heavy atom. The lowest BCUT2D eigenvalue weighted by molar-refractivity contribution is 0.124. The Hall–Kier alpha value is -1.35. The molecule has 108 valence electrons. The highest BCUT2D eigenvalue weighted by molar-refractivity contribution is 6.42.